The summed E-state index contributed by atoms with van der Waals surface area (Å²) in [5.74, 6) is 0.0506. The Labute approximate surface area is 151 Å². The van der Waals surface area contributed by atoms with Gasteiger partial charge in [-0.1, -0.05) is 44.1 Å². The first-order valence-corrected chi connectivity index (χ1v) is 9.70. The Morgan fingerprint density at radius 2 is 1.81 bits per heavy atom. The van der Waals surface area contributed by atoms with Crippen LogP contribution in [0.15, 0.2) is 27.1 Å². The number of benzene rings is 1. The van der Waals surface area contributed by atoms with Gasteiger partial charge in [-0.15, -0.1) is 0 Å². The topological polar surface area (TPSA) is 46.3 Å². The Bertz CT molecular complexity index is 552. The SMILES string of the molecule is CSC1(C(N)=S)CCN(C(=O)c2cc(Br)cc(Br)c2)CC1. The van der Waals surface area contributed by atoms with Crippen LogP contribution in [0.2, 0.25) is 0 Å². The van der Waals surface area contributed by atoms with E-state index in [-0.39, 0.29) is 10.7 Å². The number of hydrogen-bond acceptors (Lipinski definition) is 3. The Kier molecular flexibility index (Phi) is 5.73. The maximum absolute atomic E-state index is 12.6. The average Bonchev–Trinajstić information content (AvgIpc) is 2.45. The molecular weight excluding hydrogens is 436 g/mol. The second kappa shape index (κ2) is 6.98. The first-order valence-electron chi connectivity index (χ1n) is 6.48. The van der Waals surface area contributed by atoms with Crippen LogP contribution in [-0.2, 0) is 0 Å². The molecule has 1 aromatic rings. The van der Waals surface area contributed by atoms with E-state index in [9.17, 15) is 4.79 Å². The highest BCUT2D eigenvalue weighted by Gasteiger charge is 2.38. The number of rotatable bonds is 3. The van der Waals surface area contributed by atoms with Crippen molar-refractivity contribution in [2.75, 3.05) is 19.3 Å². The van der Waals surface area contributed by atoms with Crippen LogP contribution in [0.3, 0.4) is 0 Å². The van der Waals surface area contributed by atoms with Crippen LogP contribution in [0.1, 0.15) is 23.2 Å². The van der Waals surface area contributed by atoms with E-state index in [0.29, 0.717) is 23.6 Å². The lowest BCUT2D eigenvalue weighted by Crippen LogP contribution is -2.50. The Balaban J connectivity index is 2.11. The highest BCUT2D eigenvalue weighted by molar-refractivity contribution is 9.11. The average molecular weight is 452 g/mol. The van der Waals surface area contributed by atoms with E-state index in [2.05, 4.69) is 31.9 Å². The highest BCUT2D eigenvalue weighted by Crippen LogP contribution is 2.35. The molecule has 21 heavy (non-hydrogen) atoms. The van der Waals surface area contributed by atoms with Gasteiger partial charge in [0, 0.05) is 27.6 Å². The quantitative estimate of drug-likeness (QED) is 0.709. The molecule has 1 amide bonds. The van der Waals surface area contributed by atoms with E-state index in [1.54, 1.807) is 11.8 Å². The van der Waals surface area contributed by atoms with E-state index in [0.717, 1.165) is 21.8 Å². The molecule has 2 N–H and O–H groups in total. The minimum absolute atomic E-state index is 0.0506. The third kappa shape index (κ3) is 3.81. The molecule has 1 aliphatic heterocycles. The summed E-state index contributed by atoms with van der Waals surface area (Å²) in [6, 6.07) is 5.60. The first-order chi connectivity index (χ1) is 9.88. The van der Waals surface area contributed by atoms with E-state index in [1.807, 2.05) is 29.4 Å². The van der Waals surface area contributed by atoms with Crippen molar-refractivity contribution >= 4 is 66.7 Å². The molecule has 2 rings (SSSR count). The normalized spacial score (nSPS) is 17.6. The molecule has 1 saturated heterocycles. The van der Waals surface area contributed by atoms with Gasteiger partial charge in [0.05, 0.1) is 9.74 Å². The zero-order chi connectivity index (χ0) is 15.6. The summed E-state index contributed by atoms with van der Waals surface area (Å²) in [6.45, 7) is 1.36. The van der Waals surface area contributed by atoms with Crippen molar-refractivity contribution in [3.05, 3.63) is 32.7 Å². The monoisotopic (exact) mass is 450 g/mol. The number of carbonyl (C=O) groups is 1. The fraction of sp³-hybridized carbons (Fsp3) is 0.429. The molecule has 1 heterocycles. The van der Waals surface area contributed by atoms with E-state index in [1.165, 1.54) is 0 Å². The lowest BCUT2D eigenvalue weighted by atomic mass is 9.95. The zero-order valence-corrected chi connectivity index (χ0v) is 16.4. The maximum Gasteiger partial charge on any atom is 0.253 e. The molecule has 7 heteroatoms. The fourth-order valence-electron chi connectivity index (χ4n) is 2.48. The molecular formula is C14H16Br2N2OS2. The van der Waals surface area contributed by atoms with Crippen molar-refractivity contribution < 1.29 is 4.79 Å². The standard InChI is InChI=1S/C14H16Br2N2OS2/c1-21-14(13(17)20)2-4-18(5-3-14)12(19)9-6-10(15)8-11(16)7-9/h6-8H,2-5H2,1H3,(H2,17,20). The van der Waals surface area contributed by atoms with Crippen molar-refractivity contribution in [3.8, 4) is 0 Å². The van der Waals surface area contributed by atoms with Crippen LogP contribution in [0, 0.1) is 0 Å². The fourth-order valence-corrected chi connectivity index (χ4v) is 5.02. The van der Waals surface area contributed by atoms with Crippen LogP contribution in [0.4, 0.5) is 0 Å². The molecule has 0 saturated carbocycles. The summed E-state index contributed by atoms with van der Waals surface area (Å²) in [5, 5.41) is 0. The summed E-state index contributed by atoms with van der Waals surface area (Å²) >= 11 is 13.7. The zero-order valence-electron chi connectivity index (χ0n) is 11.6. The number of hydrogen-bond donors (Lipinski definition) is 1. The first kappa shape index (κ1) is 17.2. The third-order valence-corrected chi connectivity index (χ3v) is 6.65. The number of thioether (sulfide) groups is 1. The molecule has 0 bridgehead atoms. The predicted molar refractivity (Wildman–Crippen MR) is 100 cm³/mol. The van der Waals surface area contributed by atoms with Gasteiger partial charge in [0.1, 0.15) is 0 Å². The molecule has 0 radical (unpaired) electrons. The number of carbonyl (C=O) groups excluding carboxylic acids is 1. The van der Waals surface area contributed by atoms with Gasteiger partial charge in [-0.25, -0.2) is 0 Å². The van der Waals surface area contributed by atoms with Gasteiger partial charge >= 0.3 is 0 Å². The Morgan fingerprint density at radius 3 is 2.24 bits per heavy atom. The Hall–Kier alpha value is -0.110. The van der Waals surface area contributed by atoms with Crippen molar-refractivity contribution in [1.29, 1.82) is 0 Å². The van der Waals surface area contributed by atoms with Crippen LogP contribution in [0.5, 0.6) is 0 Å². The van der Waals surface area contributed by atoms with Crippen molar-refractivity contribution in [3.63, 3.8) is 0 Å². The lowest BCUT2D eigenvalue weighted by Gasteiger charge is -2.40. The van der Waals surface area contributed by atoms with E-state index >= 15 is 0 Å². The molecule has 1 aromatic carbocycles. The Morgan fingerprint density at radius 1 is 1.29 bits per heavy atom. The van der Waals surface area contributed by atoms with Crippen LogP contribution in [0.25, 0.3) is 0 Å². The molecule has 3 nitrogen and oxygen atoms in total. The molecule has 1 fully saturated rings. The van der Waals surface area contributed by atoms with Crippen molar-refractivity contribution in [2.24, 2.45) is 5.73 Å². The molecule has 0 atom stereocenters. The lowest BCUT2D eigenvalue weighted by molar-refractivity contribution is 0.0718. The summed E-state index contributed by atoms with van der Waals surface area (Å²) in [6.07, 6.45) is 3.65. The van der Waals surface area contributed by atoms with Gasteiger partial charge in [0.25, 0.3) is 5.91 Å². The number of halogens is 2. The highest BCUT2D eigenvalue weighted by atomic mass is 79.9. The van der Waals surface area contributed by atoms with Crippen LogP contribution in [-0.4, -0.2) is 39.9 Å². The number of nitrogens with two attached hydrogens (primary N) is 1. The van der Waals surface area contributed by atoms with E-state index in [4.69, 9.17) is 18.0 Å². The number of nitrogens with zero attached hydrogens (tertiary/aromatic N) is 1. The van der Waals surface area contributed by atoms with Gasteiger partial charge in [0.15, 0.2) is 0 Å². The predicted octanol–water partition coefficient (Wildman–Crippen LogP) is 3.84. The molecule has 0 aliphatic carbocycles. The van der Waals surface area contributed by atoms with Gasteiger partial charge in [0.2, 0.25) is 0 Å². The van der Waals surface area contributed by atoms with Gasteiger partial charge < -0.3 is 10.6 Å². The molecule has 0 unspecified atom stereocenters. The molecule has 0 spiro atoms. The van der Waals surface area contributed by atoms with E-state index < -0.39 is 0 Å². The van der Waals surface area contributed by atoms with Gasteiger partial charge in [-0.3, -0.25) is 4.79 Å². The smallest absolute Gasteiger partial charge is 0.253 e. The second-order valence-electron chi connectivity index (χ2n) is 5.01. The van der Waals surface area contributed by atoms with Crippen LogP contribution >= 0.6 is 55.8 Å². The number of thiocarbonyl (C=S) groups is 1. The molecule has 1 aliphatic rings. The summed E-state index contributed by atoms with van der Waals surface area (Å²) in [4.78, 5) is 15.0. The van der Waals surface area contributed by atoms with Gasteiger partial charge in [-0.05, 0) is 37.3 Å². The largest absolute Gasteiger partial charge is 0.392 e. The summed E-state index contributed by atoms with van der Waals surface area (Å²) in [7, 11) is 0. The summed E-state index contributed by atoms with van der Waals surface area (Å²) < 4.78 is 1.61. The molecule has 0 aromatic heterocycles. The summed E-state index contributed by atoms with van der Waals surface area (Å²) in [5.41, 5.74) is 6.56. The van der Waals surface area contributed by atoms with Gasteiger partial charge in [-0.2, -0.15) is 11.8 Å². The minimum Gasteiger partial charge on any atom is -0.392 e. The third-order valence-electron chi connectivity index (χ3n) is 3.81. The second-order valence-corrected chi connectivity index (χ2v) is 8.47. The maximum atomic E-state index is 12.6. The number of piperidine rings is 1. The molecule has 114 valence electrons. The van der Waals surface area contributed by atoms with Crippen molar-refractivity contribution in [1.82, 2.24) is 4.90 Å². The van der Waals surface area contributed by atoms with Crippen molar-refractivity contribution in [2.45, 2.75) is 17.6 Å². The minimum atomic E-state index is -0.163. The van der Waals surface area contributed by atoms with Crippen LogP contribution < -0.4 is 5.73 Å². The number of amides is 1. The number of likely N-dealkylation sites (tertiary alicyclic amines) is 1.